The van der Waals surface area contributed by atoms with Crippen LogP contribution in [0.1, 0.15) is 25.6 Å². The summed E-state index contributed by atoms with van der Waals surface area (Å²) in [4.78, 5) is 40.1. The van der Waals surface area contributed by atoms with Crippen LogP contribution in [-0.2, 0) is 11.3 Å². The first-order valence-electron chi connectivity index (χ1n) is 10.7. The Morgan fingerprint density at radius 1 is 1.05 bits per heavy atom. The average molecular weight is 526 g/mol. The number of pyridine rings is 1. The third-order valence-electron chi connectivity index (χ3n) is 5.19. The van der Waals surface area contributed by atoms with Gasteiger partial charge in [-0.15, -0.1) is 11.3 Å². The summed E-state index contributed by atoms with van der Waals surface area (Å²) in [5, 5.41) is 16.3. The number of aromatic carboxylic acids is 1. The molecule has 4 rings (SSSR count). The molecule has 0 saturated heterocycles. The minimum Gasteiger partial charge on any atom is -0.493 e. The van der Waals surface area contributed by atoms with Gasteiger partial charge in [0.15, 0.2) is 17.3 Å². The van der Waals surface area contributed by atoms with Crippen molar-refractivity contribution in [2.24, 2.45) is 0 Å². The highest BCUT2D eigenvalue weighted by atomic mass is 32.1. The van der Waals surface area contributed by atoms with Crippen molar-refractivity contribution >= 4 is 51.6 Å². The van der Waals surface area contributed by atoms with Crippen LogP contribution in [0.2, 0.25) is 0 Å². The Morgan fingerprint density at radius 2 is 1.84 bits per heavy atom. The normalized spacial score (nSPS) is 10.6. The number of nitrogens with one attached hydrogen (secondary N) is 2. The van der Waals surface area contributed by atoms with Gasteiger partial charge in [-0.25, -0.2) is 18.8 Å². The molecule has 4 aromatic rings. The number of hydrogen-bond acceptors (Lipinski definition) is 8. The van der Waals surface area contributed by atoms with E-state index in [2.05, 4.69) is 20.4 Å². The fourth-order valence-electron chi connectivity index (χ4n) is 3.46. The van der Waals surface area contributed by atoms with E-state index >= 15 is 0 Å². The van der Waals surface area contributed by atoms with Crippen LogP contribution in [-0.4, -0.2) is 42.3 Å². The number of benzene rings is 2. The van der Waals surface area contributed by atoms with E-state index in [-0.39, 0.29) is 34.4 Å². The molecule has 0 aliphatic carbocycles. The molecule has 2 aromatic heterocycles. The lowest BCUT2D eigenvalue weighted by molar-refractivity contribution is 0.0589. The van der Waals surface area contributed by atoms with Gasteiger partial charge in [0.25, 0.3) is 0 Å². The maximum atomic E-state index is 14.7. The Morgan fingerprint density at radius 3 is 2.57 bits per heavy atom. The van der Waals surface area contributed by atoms with Crippen molar-refractivity contribution < 1.29 is 38.1 Å². The summed E-state index contributed by atoms with van der Waals surface area (Å²) in [5.41, 5.74) is 0.845. The molecule has 2 amide bonds. The van der Waals surface area contributed by atoms with Crippen LogP contribution in [0.5, 0.6) is 11.5 Å². The lowest BCUT2D eigenvalue weighted by Crippen LogP contribution is -2.21. The van der Waals surface area contributed by atoms with Gasteiger partial charge >= 0.3 is 18.0 Å². The molecule has 0 bridgehead atoms. The number of ether oxygens (including phenoxy) is 3. The number of anilines is 2. The number of hydrogen-bond donors (Lipinski definition) is 3. The van der Waals surface area contributed by atoms with E-state index in [0.717, 1.165) is 41.0 Å². The molecule has 0 aliphatic heterocycles. The molecule has 37 heavy (non-hydrogen) atoms. The van der Waals surface area contributed by atoms with Gasteiger partial charge in [-0.1, -0.05) is 12.1 Å². The van der Waals surface area contributed by atoms with E-state index in [1.165, 1.54) is 18.6 Å². The monoisotopic (exact) mass is 525 g/mol. The number of fused-ring (bicyclic) bond motifs is 1. The number of nitrogens with zero attached hydrogens (tertiary/aromatic N) is 1. The molecular formula is C25H20FN3O7S. The third kappa shape index (κ3) is 5.59. The standard InChI is InChI=1S/C25H20FN3O7S/c1-34-19-9-15(26)17(10-20(19)36-11-13-5-6-16-14(8-13)4-3-7-27-16)28-25(33)29-18-12-37-22(24(32)35-2)21(18)23(30)31/h3-10,12H,11H2,1-2H3,(H,30,31)(H2,28,29,33). The number of rotatable bonds is 8. The van der Waals surface area contributed by atoms with E-state index < -0.39 is 29.4 Å². The second kappa shape index (κ2) is 10.9. The minimum absolute atomic E-state index is 0.111. The zero-order valence-electron chi connectivity index (χ0n) is 19.5. The number of aromatic nitrogens is 1. The lowest BCUT2D eigenvalue weighted by Gasteiger charge is -2.14. The van der Waals surface area contributed by atoms with Crippen LogP contribution < -0.4 is 20.1 Å². The molecule has 3 N–H and O–H groups in total. The Bertz CT molecular complexity index is 1510. The van der Waals surface area contributed by atoms with Gasteiger partial charge in [-0.2, -0.15) is 0 Å². The smallest absolute Gasteiger partial charge is 0.349 e. The number of carboxylic acid groups (broad SMARTS) is 1. The maximum Gasteiger partial charge on any atom is 0.349 e. The number of halogens is 1. The average Bonchev–Trinajstić information content (AvgIpc) is 3.31. The van der Waals surface area contributed by atoms with Crippen molar-refractivity contribution in [3.63, 3.8) is 0 Å². The van der Waals surface area contributed by atoms with Crippen LogP contribution in [0.4, 0.5) is 20.6 Å². The molecule has 0 aliphatic rings. The molecule has 0 saturated carbocycles. The zero-order chi connectivity index (χ0) is 26.5. The summed E-state index contributed by atoms with van der Waals surface area (Å²) in [6.45, 7) is 0.131. The van der Waals surface area contributed by atoms with Crippen molar-refractivity contribution in [2.75, 3.05) is 24.9 Å². The van der Waals surface area contributed by atoms with Gasteiger partial charge < -0.3 is 30.0 Å². The van der Waals surface area contributed by atoms with Gasteiger partial charge in [0.1, 0.15) is 17.0 Å². The first-order chi connectivity index (χ1) is 17.8. The van der Waals surface area contributed by atoms with Crippen LogP contribution in [0, 0.1) is 5.82 Å². The summed E-state index contributed by atoms with van der Waals surface area (Å²) in [7, 11) is 2.46. The van der Waals surface area contributed by atoms with Gasteiger partial charge in [-0.3, -0.25) is 4.98 Å². The van der Waals surface area contributed by atoms with Crippen LogP contribution in [0.25, 0.3) is 10.9 Å². The fourth-order valence-corrected chi connectivity index (χ4v) is 4.37. The number of carbonyl (C=O) groups is 3. The summed E-state index contributed by atoms with van der Waals surface area (Å²) >= 11 is 0.789. The number of carbonyl (C=O) groups excluding carboxylic acids is 2. The molecule has 0 radical (unpaired) electrons. The predicted octanol–water partition coefficient (Wildman–Crippen LogP) is 5.15. The Labute approximate surface area is 213 Å². The number of thiophene rings is 1. The highest BCUT2D eigenvalue weighted by Gasteiger charge is 2.25. The third-order valence-corrected chi connectivity index (χ3v) is 6.15. The summed E-state index contributed by atoms with van der Waals surface area (Å²) in [6.07, 6.45) is 1.70. The Hall–Kier alpha value is -4.71. The molecule has 2 heterocycles. The second-order valence-electron chi connectivity index (χ2n) is 7.53. The number of methoxy groups -OCH3 is 2. The topological polar surface area (TPSA) is 136 Å². The Kier molecular flexibility index (Phi) is 7.49. The Balaban J connectivity index is 1.52. The van der Waals surface area contributed by atoms with Crippen molar-refractivity contribution in [2.45, 2.75) is 6.61 Å². The maximum absolute atomic E-state index is 14.7. The van der Waals surface area contributed by atoms with Crippen LogP contribution in [0.3, 0.4) is 0 Å². The summed E-state index contributed by atoms with van der Waals surface area (Å²) < 4.78 is 30.3. The lowest BCUT2D eigenvalue weighted by atomic mass is 10.1. The fraction of sp³-hybridized carbons (Fsp3) is 0.120. The van der Waals surface area contributed by atoms with Gasteiger partial charge in [0.05, 0.1) is 31.1 Å². The molecule has 190 valence electrons. The van der Waals surface area contributed by atoms with Crippen molar-refractivity contribution in [3.8, 4) is 11.5 Å². The van der Waals surface area contributed by atoms with E-state index in [4.69, 9.17) is 9.47 Å². The minimum atomic E-state index is -1.44. The van der Waals surface area contributed by atoms with Gasteiger partial charge in [0, 0.05) is 29.1 Å². The summed E-state index contributed by atoms with van der Waals surface area (Å²) in [5.74, 6) is -2.83. The number of esters is 1. The first kappa shape index (κ1) is 25.4. The highest BCUT2D eigenvalue weighted by Crippen LogP contribution is 2.34. The van der Waals surface area contributed by atoms with Gasteiger partial charge in [0.2, 0.25) is 0 Å². The van der Waals surface area contributed by atoms with E-state index in [1.54, 1.807) is 6.20 Å². The molecule has 0 spiro atoms. The largest absolute Gasteiger partial charge is 0.493 e. The molecule has 10 nitrogen and oxygen atoms in total. The quantitative estimate of drug-likeness (QED) is 0.269. The molecule has 0 atom stereocenters. The van der Waals surface area contributed by atoms with E-state index in [9.17, 15) is 23.9 Å². The number of amides is 2. The molecule has 0 fully saturated rings. The second-order valence-corrected chi connectivity index (χ2v) is 8.41. The molecule has 0 unspecified atom stereocenters. The highest BCUT2D eigenvalue weighted by molar-refractivity contribution is 7.13. The molecular weight excluding hydrogens is 505 g/mol. The summed E-state index contributed by atoms with van der Waals surface area (Å²) in [6, 6.07) is 10.7. The molecule has 12 heteroatoms. The number of urea groups is 1. The number of carboxylic acids is 1. The van der Waals surface area contributed by atoms with E-state index in [1.807, 2.05) is 30.3 Å². The van der Waals surface area contributed by atoms with Gasteiger partial charge in [-0.05, 0) is 23.8 Å². The predicted molar refractivity (Wildman–Crippen MR) is 134 cm³/mol. The van der Waals surface area contributed by atoms with Crippen molar-refractivity contribution in [3.05, 3.63) is 75.9 Å². The van der Waals surface area contributed by atoms with Crippen LogP contribution in [0.15, 0.2) is 54.0 Å². The molecule has 2 aromatic carbocycles. The van der Waals surface area contributed by atoms with Crippen molar-refractivity contribution in [1.82, 2.24) is 4.98 Å². The van der Waals surface area contributed by atoms with Crippen LogP contribution >= 0.6 is 11.3 Å². The SMILES string of the molecule is COC(=O)c1scc(NC(=O)Nc2cc(OCc3ccc4ncccc4c3)c(OC)cc2F)c1C(=O)O. The van der Waals surface area contributed by atoms with E-state index in [0.29, 0.717) is 0 Å². The zero-order valence-corrected chi connectivity index (χ0v) is 20.3. The van der Waals surface area contributed by atoms with Crippen molar-refractivity contribution in [1.29, 1.82) is 0 Å². The first-order valence-corrected chi connectivity index (χ1v) is 11.5.